The summed E-state index contributed by atoms with van der Waals surface area (Å²) in [5.74, 6) is 0.797. The van der Waals surface area contributed by atoms with Crippen molar-refractivity contribution in [2.45, 2.75) is 32.8 Å². The first-order chi connectivity index (χ1) is 9.16. The highest BCUT2D eigenvalue weighted by Gasteiger charge is 2.14. The zero-order valence-electron chi connectivity index (χ0n) is 11.6. The number of anilines is 1. The first kappa shape index (κ1) is 13.9. The van der Waals surface area contributed by atoms with Gasteiger partial charge in [-0.2, -0.15) is 9.97 Å². The van der Waals surface area contributed by atoms with Crippen LogP contribution in [0.2, 0.25) is 0 Å². The Morgan fingerprint density at radius 2 is 1.95 bits per heavy atom. The Hall–Kier alpha value is -1.56. The van der Waals surface area contributed by atoms with Crippen LogP contribution in [0.4, 0.5) is 5.69 Å². The highest BCUT2D eigenvalue weighted by Crippen LogP contribution is 2.27. The predicted molar refractivity (Wildman–Crippen MR) is 73.4 cm³/mol. The van der Waals surface area contributed by atoms with Crippen LogP contribution in [0.5, 0.6) is 11.8 Å². The molecular weight excluding hydrogens is 244 g/mol. The summed E-state index contributed by atoms with van der Waals surface area (Å²) in [5, 5.41) is 0. The van der Waals surface area contributed by atoms with E-state index in [0.717, 1.165) is 19.6 Å². The van der Waals surface area contributed by atoms with E-state index in [1.807, 2.05) is 13.8 Å². The second kappa shape index (κ2) is 6.56. The van der Waals surface area contributed by atoms with Crippen molar-refractivity contribution in [3.05, 3.63) is 6.33 Å². The number of nitrogens with zero attached hydrogens (tertiary/aromatic N) is 3. The standard InChI is InChI=1S/C13H22N4O2/c1-10(2)19-13-11(14)12(15-9-16-13)18-8-7-17-5-3-4-6-17/h9-10H,3-8,14H2,1-2H3. The molecule has 0 aromatic carbocycles. The minimum atomic E-state index is 0.0228. The largest absolute Gasteiger partial charge is 0.475 e. The lowest BCUT2D eigenvalue weighted by molar-refractivity contribution is 0.221. The van der Waals surface area contributed by atoms with Gasteiger partial charge in [-0.25, -0.2) is 0 Å². The molecule has 106 valence electrons. The summed E-state index contributed by atoms with van der Waals surface area (Å²) >= 11 is 0. The van der Waals surface area contributed by atoms with Gasteiger partial charge in [0.15, 0.2) is 5.69 Å². The Balaban J connectivity index is 1.88. The quantitative estimate of drug-likeness (QED) is 0.837. The normalized spacial score (nSPS) is 15.9. The van der Waals surface area contributed by atoms with Crippen molar-refractivity contribution in [3.63, 3.8) is 0 Å². The molecule has 2 rings (SSSR count). The van der Waals surface area contributed by atoms with E-state index in [0.29, 0.717) is 24.1 Å². The highest BCUT2D eigenvalue weighted by atomic mass is 16.5. The fourth-order valence-corrected chi connectivity index (χ4v) is 2.07. The van der Waals surface area contributed by atoms with E-state index >= 15 is 0 Å². The molecule has 0 unspecified atom stereocenters. The van der Waals surface area contributed by atoms with Gasteiger partial charge in [0.05, 0.1) is 6.10 Å². The van der Waals surface area contributed by atoms with Crippen LogP contribution in [-0.2, 0) is 0 Å². The van der Waals surface area contributed by atoms with Crippen LogP contribution in [0.3, 0.4) is 0 Å². The Morgan fingerprint density at radius 1 is 1.26 bits per heavy atom. The maximum atomic E-state index is 5.94. The summed E-state index contributed by atoms with van der Waals surface area (Å²) in [6, 6.07) is 0. The molecular formula is C13H22N4O2. The van der Waals surface area contributed by atoms with Gasteiger partial charge in [0.25, 0.3) is 0 Å². The van der Waals surface area contributed by atoms with Gasteiger partial charge in [-0.05, 0) is 39.8 Å². The number of nitrogens with two attached hydrogens (primary N) is 1. The Kier molecular flexibility index (Phi) is 4.79. The Morgan fingerprint density at radius 3 is 2.63 bits per heavy atom. The molecule has 1 saturated heterocycles. The third-order valence-corrected chi connectivity index (χ3v) is 3.00. The zero-order chi connectivity index (χ0) is 13.7. The monoisotopic (exact) mass is 266 g/mol. The van der Waals surface area contributed by atoms with Crippen LogP contribution in [0.1, 0.15) is 26.7 Å². The molecule has 0 saturated carbocycles. The molecule has 1 aliphatic rings. The van der Waals surface area contributed by atoms with Crippen LogP contribution < -0.4 is 15.2 Å². The van der Waals surface area contributed by atoms with Gasteiger partial charge in [-0.1, -0.05) is 0 Å². The Labute approximate surface area is 113 Å². The molecule has 0 atom stereocenters. The summed E-state index contributed by atoms with van der Waals surface area (Å²) in [5.41, 5.74) is 6.31. The molecule has 0 amide bonds. The molecule has 0 aliphatic carbocycles. The smallest absolute Gasteiger partial charge is 0.244 e. The SMILES string of the molecule is CC(C)Oc1ncnc(OCCN2CCCC2)c1N. The molecule has 6 heteroatoms. The second-order valence-electron chi connectivity index (χ2n) is 4.96. The molecule has 1 aliphatic heterocycles. The molecule has 2 N–H and O–H groups in total. The minimum Gasteiger partial charge on any atom is -0.475 e. The molecule has 19 heavy (non-hydrogen) atoms. The molecule has 0 spiro atoms. The maximum absolute atomic E-state index is 5.94. The molecule has 1 aromatic rings. The molecule has 0 bridgehead atoms. The van der Waals surface area contributed by atoms with E-state index in [4.69, 9.17) is 15.2 Å². The van der Waals surface area contributed by atoms with E-state index in [1.165, 1.54) is 19.2 Å². The highest BCUT2D eigenvalue weighted by molar-refractivity contribution is 5.55. The molecule has 6 nitrogen and oxygen atoms in total. The zero-order valence-corrected chi connectivity index (χ0v) is 11.6. The van der Waals surface area contributed by atoms with Crippen molar-refractivity contribution >= 4 is 5.69 Å². The summed E-state index contributed by atoms with van der Waals surface area (Å²) in [6.45, 7) is 7.66. The van der Waals surface area contributed by atoms with Crippen molar-refractivity contribution in [2.75, 3.05) is 32.0 Å². The summed E-state index contributed by atoms with van der Waals surface area (Å²) in [4.78, 5) is 10.4. The van der Waals surface area contributed by atoms with Gasteiger partial charge < -0.3 is 15.2 Å². The third-order valence-electron chi connectivity index (χ3n) is 3.00. The lowest BCUT2D eigenvalue weighted by Gasteiger charge is -2.16. The lowest BCUT2D eigenvalue weighted by Crippen LogP contribution is -2.25. The molecule has 1 fully saturated rings. The average molecular weight is 266 g/mol. The molecule has 2 heterocycles. The van der Waals surface area contributed by atoms with Gasteiger partial charge in [-0.15, -0.1) is 0 Å². The maximum Gasteiger partial charge on any atom is 0.244 e. The topological polar surface area (TPSA) is 73.5 Å². The van der Waals surface area contributed by atoms with Gasteiger partial charge in [0, 0.05) is 6.54 Å². The minimum absolute atomic E-state index is 0.0228. The third kappa shape index (κ3) is 3.96. The van der Waals surface area contributed by atoms with Crippen molar-refractivity contribution < 1.29 is 9.47 Å². The van der Waals surface area contributed by atoms with Gasteiger partial charge >= 0.3 is 0 Å². The van der Waals surface area contributed by atoms with Crippen molar-refractivity contribution in [1.29, 1.82) is 0 Å². The van der Waals surface area contributed by atoms with Crippen LogP contribution in [0.25, 0.3) is 0 Å². The molecule has 1 aromatic heterocycles. The second-order valence-corrected chi connectivity index (χ2v) is 4.96. The van der Waals surface area contributed by atoms with Gasteiger partial charge in [0.1, 0.15) is 12.9 Å². The van der Waals surface area contributed by atoms with Crippen molar-refractivity contribution in [3.8, 4) is 11.8 Å². The van der Waals surface area contributed by atoms with Crippen molar-refractivity contribution in [2.24, 2.45) is 0 Å². The number of hydrogen-bond acceptors (Lipinski definition) is 6. The van der Waals surface area contributed by atoms with Crippen LogP contribution >= 0.6 is 0 Å². The fraction of sp³-hybridized carbons (Fsp3) is 0.692. The number of hydrogen-bond donors (Lipinski definition) is 1. The van der Waals surface area contributed by atoms with E-state index in [-0.39, 0.29) is 6.10 Å². The van der Waals surface area contributed by atoms with Crippen LogP contribution in [0.15, 0.2) is 6.33 Å². The van der Waals surface area contributed by atoms with E-state index in [1.54, 1.807) is 0 Å². The number of likely N-dealkylation sites (tertiary alicyclic amines) is 1. The molecule has 0 radical (unpaired) electrons. The van der Waals surface area contributed by atoms with E-state index < -0.39 is 0 Å². The number of aromatic nitrogens is 2. The number of nitrogen functional groups attached to an aromatic ring is 1. The average Bonchev–Trinajstić information content (AvgIpc) is 2.86. The predicted octanol–water partition coefficient (Wildman–Crippen LogP) is 1.32. The van der Waals surface area contributed by atoms with Gasteiger partial charge in [0.2, 0.25) is 11.8 Å². The summed E-state index contributed by atoms with van der Waals surface area (Å²) < 4.78 is 11.1. The first-order valence-electron chi connectivity index (χ1n) is 6.79. The van der Waals surface area contributed by atoms with Gasteiger partial charge in [-0.3, -0.25) is 4.90 Å². The summed E-state index contributed by atoms with van der Waals surface area (Å²) in [7, 11) is 0. The van der Waals surface area contributed by atoms with E-state index in [9.17, 15) is 0 Å². The van der Waals surface area contributed by atoms with Crippen LogP contribution in [-0.4, -0.2) is 47.2 Å². The number of ether oxygens (including phenoxy) is 2. The fourth-order valence-electron chi connectivity index (χ4n) is 2.07. The van der Waals surface area contributed by atoms with E-state index in [2.05, 4.69) is 14.9 Å². The summed E-state index contributed by atoms with van der Waals surface area (Å²) in [6.07, 6.45) is 4.00. The van der Waals surface area contributed by atoms with Crippen molar-refractivity contribution in [1.82, 2.24) is 14.9 Å². The number of rotatable bonds is 6. The Bertz CT molecular complexity index is 406. The lowest BCUT2D eigenvalue weighted by atomic mass is 10.4. The first-order valence-corrected chi connectivity index (χ1v) is 6.79. The van der Waals surface area contributed by atoms with Crippen LogP contribution in [0, 0.1) is 0 Å².